The Kier molecular flexibility index (Phi) is 4.11. The molecule has 2 aliphatic heterocycles. The highest BCUT2D eigenvalue weighted by molar-refractivity contribution is 6.34. The second kappa shape index (κ2) is 5.84. The van der Waals surface area contributed by atoms with E-state index in [1.54, 1.807) is 6.07 Å². The van der Waals surface area contributed by atoms with Crippen molar-refractivity contribution in [3.63, 3.8) is 0 Å². The van der Waals surface area contributed by atoms with Gasteiger partial charge in [-0.15, -0.1) is 0 Å². The summed E-state index contributed by atoms with van der Waals surface area (Å²) in [6.45, 7) is 6.02. The summed E-state index contributed by atoms with van der Waals surface area (Å²) in [5.41, 5.74) is 0.648. The number of Topliss-reactive ketones (excluding diaryl/α,β-unsaturated/α-hetero) is 1. The largest absolute Gasteiger partial charge is 0.298 e. The van der Waals surface area contributed by atoms with Crippen molar-refractivity contribution in [2.24, 2.45) is 0 Å². The minimum absolute atomic E-state index is 0.133. The fourth-order valence-electron chi connectivity index (χ4n) is 3.43. The summed E-state index contributed by atoms with van der Waals surface area (Å²) in [5, 5.41) is 0.560. The van der Waals surface area contributed by atoms with Gasteiger partial charge in [-0.2, -0.15) is 0 Å². The lowest BCUT2D eigenvalue weighted by molar-refractivity contribution is 0.0535. The average molecular weight is 293 g/mol. The highest BCUT2D eigenvalue weighted by atomic mass is 35.5. The zero-order chi connectivity index (χ0) is 14.1. The summed E-state index contributed by atoms with van der Waals surface area (Å²) in [5.74, 6) is 0.133. The first kappa shape index (κ1) is 14.1. The lowest BCUT2D eigenvalue weighted by atomic mass is 10.1. The molecule has 0 aromatic heterocycles. The molecule has 2 fully saturated rings. The number of carbonyl (C=O) groups excluding carboxylic acids is 1. The van der Waals surface area contributed by atoms with Crippen LogP contribution in [0.25, 0.3) is 0 Å². The fourth-order valence-corrected chi connectivity index (χ4v) is 3.67. The number of piperazine rings is 1. The zero-order valence-corrected chi connectivity index (χ0v) is 12.6. The maximum atomic E-state index is 12.4. The van der Waals surface area contributed by atoms with Crippen LogP contribution < -0.4 is 0 Å². The van der Waals surface area contributed by atoms with Gasteiger partial charge in [-0.1, -0.05) is 23.7 Å². The molecule has 0 amide bonds. The predicted octanol–water partition coefficient (Wildman–Crippen LogP) is 2.69. The Bertz CT molecular complexity index is 505. The summed E-state index contributed by atoms with van der Waals surface area (Å²) < 4.78 is 0. The number of fused-ring (bicyclic) bond motifs is 1. The standard InChI is InChI=1S/C16H21ClN2O/c1-12-9-18-8-4-5-13(18)10-19(12)11-16(20)14-6-2-3-7-15(14)17/h2-3,6-7,12-13H,4-5,8-11H2,1H3. The van der Waals surface area contributed by atoms with Crippen molar-refractivity contribution in [3.8, 4) is 0 Å². The van der Waals surface area contributed by atoms with Crippen LogP contribution in [0.5, 0.6) is 0 Å². The maximum absolute atomic E-state index is 12.4. The third-order valence-electron chi connectivity index (χ3n) is 4.59. The van der Waals surface area contributed by atoms with Crippen molar-refractivity contribution in [1.29, 1.82) is 0 Å². The normalized spacial score (nSPS) is 27.5. The molecule has 0 aliphatic carbocycles. The van der Waals surface area contributed by atoms with Crippen molar-refractivity contribution in [2.75, 3.05) is 26.2 Å². The molecule has 20 heavy (non-hydrogen) atoms. The van der Waals surface area contributed by atoms with Crippen LogP contribution in [0, 0.1) is 0 Å². The lowest BCUT2D eigenvalue weighted by Gasteiger charge is -2.42. The van der Waals surface area contributed by atoms with Gasteiger partial charge in [0.25, 0.3) is 0 Å². The van der Waals surface area contributed by atoms with Gasteiger partial charge in [0.2, 0.25) is 0 Å². The molecular formula is C16H21ClN2O. The first-order chi connectivity index (χ1) is 9.65. The molecule has 4 heteroatoms. The SMILES string of the molecule is CC1CN2CCCC2CN1CC(=O)c1ccccc1Cl. The smallest absolute Gasteiger partial charge is 0.178 e. The zero-order valence-electron chi connectivity index (χ0n) is 11.9. The number of rotatable bonds is 3. The Balaban J connectivity index is 1.68. The lowest BCUT2D eigenvalue weighted by Crippen LogP contribution is -2.55. The molecule has 3 rings (SSSR count). The summed E-state index contributed by atoms with van der Waals surface area (Å²) in [7, 11) is 0. The molecule has 0 saturated carbocycles. The van der Waals surface area contributed by atoms with E-state index in [9.17, 15) is 4.79 Å². The Morgan fingerprint density at radius 1 is 1.35 bits per heavy atom. The molecule has 0 radical (unpaired) electrons. The molecule has 1 aromatic carbocycles. The molecule has 0 bridgehead atoms. The minimum atomic E-state index is 0.133. The van der Waals surface area contributed by atoms with Gasteiger partial charge in [-0.25, -0.2) is 0 Å². The van der Waals surface area contributed by atoms with Crippen molar-refractivity contribution >= 4 is 17.4 Å². The molecule has 0 N–H and O–H groups in total. The Hall–Kier alpha value is -0.900. The van der Waals surface area contributed by atoms with E-state index in [-0.39, 0.29) is 5.78 Å². The number of ketones is 1. The van der Waals surface area contributed by atoms with E-state index in [1.807, 2.05) is 18.2 Å². The summed E-state index contributed by atoms with van der Waals surface area (Å²) >= 11 is 6.11. The van der Waals surface area contributed by atoms with E-state index in [2.05, 4.69) is 16.7 Å². The van der Waals surface area contributed by atoms with E-state index in [1.165, 1.54) is 19.4 Å². The number of halogens is 1. The third kappa shape index (κ3) is 2.76. The number of nitrogens with zero attached hydrogens (tertiary/aromatic N) is 2. The number of hydrogen-bond donors (Lipinski definition) is 0. The molecule has 0 spiro atoms. The topological polar surface area (TPSA) is 23.6 Å². The van der Waals surface area contributed by atoms with Gasteiger partial charge >= 0.3 is 0 Å². The minimum Gasteiger partial charge on any atom is -0.298 e. The van der Waals surface area contributed by atoms with Crippen molar-refractivity contribution in [3.05, 3.63) is 34.9 Å². The molecule has 2 atom stereocenters. The molecule has 2 unspecified atom stereocenters. The van der Waals surface area contributed by atoms with Gasteiger partial charge in [0.15, 0.2) is 5.78 Å². The van der Waals surface area contributed by atoms with Crippen LogP contribution >= 0.6 is 11.6 Å². The van der Waals surface area contributed by atoms with Crippen molar-refractivity contribution in [2.45, 2.75) is 31.8 Å². The first-order valence-electron chi connectivity index (χ1n) is 7.41. The van der Waals surface area contributed by atoms with Crippen LogP contribution in [-0.4, -0.2) is 53.8 Å². The Morgan fingerprint density at radius 3 is 2.95 bits per heavy atom. The Labute approximate surface area is 125 Å². The van der Waals surface area contributed by atoms with Crippen LogP contribution in [0.2, 0.25) is 5.02 Å². The predicted molar refractivity (Wildman–Crippen MR) is 81.4 cm³/mol. The van der Waals surface area contributed by atoms with Crippen LogP contribution in [0.4, 0.5) is 0 Å². The van der Waals surface area contributed by atoms with Gasteiger partial charge in [0.05, 0.1) is 11.6 Å². The van der Waals surface area contributed by atoms with E-state index in [0.29, 0.717) is 29.2 Å². The average Bonchev–Trinajstić information content (AvgIpc) is 2.86. The molecule has 2 saturated heterocycles. The first-order valence-corrected chi connectivity index (χ1v) is 7.79. The maximum Gasteiger partial charge on any atom is 0.178 e. The van der Waals surface area contributed by atoms with Gasteiger partial charge in [-0.3, -0.25) is 14.6 Å². The highest BCUT2D eigenvalue weighted by Crippen LogP contribution is 2.25. The molecule has 2 aliphatic rings. The van der Waals surface area contributed by atoms with Crippen LogP contribution in [-0.2, 0) is 0 Å². The van der Waals surface area contributed by atoms with Gasteiger partial charge in [0, 0.05) is 30.7 Å². The van der Waals surface area contributed by atoms with Crippen LogP contribution in [0.1, 0.15) is 30.1 Å². The van der Waals surface area contributed by atoms with Crippen LogP contribution in [0.15, 0.2) is 24.3 Å². The second-order valence-corrected chi connectivity index (χ2v) is 6.38. The number of benzene rings is 1. The molecule has 3 nitrogen and oxygen atoms in total. The van der Waals surface area contributed by atoms with E-state index in [4.69, 9.17) is 11.6 Å². The molecule has 1 aromatic rings. The van der Waals surface area contributed by atoms with E-state index < -0.39 is 0 Å². The highest BCUT2D eigenvalue weighted by Gasteiger charge is 2.35. The quantitative estimate of drug-likeness (QED) is 0.800. The number of hydrogen-bond acceptors (Lipinski definition) is 3. The van der Waals surface area contributed by atoms with E-state index in [0.717, 1.165) is 13.1 Å². The summed E-state index contributed by atoms with van der Waals surface area (Å²) in [4.78, 5) is 17.3. The second-order valence-electron chi connectivity index (χ2n) is 5.97. The summed E-state index contributed by atoms with van der Waals surface area (Å²) in [6.07, 6.45) is 2.56. The molecule has 108 valence electrons. The number of carbonyl (C=O) groups is 1. The van der Waals surface area contributed by atoms with Gasteiger partial charge < -0.3 is 0 Å². The van der Waals surface area contributed by atoms with E-state index >= 15 is 0 Å². The van der Waals surface area contributed by atoms with Gasteiger partial charge in [-0.05, 0) is 38.4 Å². The fraction of sp³-hybridized carbons (Fsp3) is 0.562. The third-order valence-corrected chi connectivity index (χ3v) is 4.92. The van der Waals surface area contributed by atoms with Gasteiger partial charge in [0.1, 0.15) is 0 Å². The Morgan fingerprint density at radius 2 is 2.15 bits per heavy atom. The summed E-state index contributed by atoms with van der Waals surface area (Å²) in [6, 6.07) is 8.42. The van der Waals surface area contributed by atoms with Crippen molar-refractivity contribution in [1.82, 2.24) is 9.80 Å². The van der Waals surface area contributed by atoms with Crippen LogP contribution in [0.3, 0.4) is 0 Å². The molecular weight excluding hydrogens is 272 g/mol. The van der Waals surface area contributed by atoms with Crippen molar-refractivity contribution < 1.29 is 4.79 Å². The monoisotopic (exact) mass is 292 g/mol. The molecule has 2 heterocycles.